The molecule has 0 aromatic carbocycles. The molecule has 0 spiro atoms. The fourth-order valence-corrected chi connectivity index (χ4v) is 14.0. The third-order valence-electron chi connectivity index (χ3n) is 9.42. The van der Waals surface area contributed by atoms with Crippen molar-refractivity contribution in [2.75, 3.05) is 51.1 Å². The molecule has 0 aliphatic heterocycles. The molecule has 0 radical (unpaired) electrons. The largest absolute Gasteiger partial charge is 0.500 e. The van der Waals surface area contributed by atoms with Gasteiger partial charge in [0.1, 0.15) is 0 Å². The highest BCUT2D eigenvalue weighted by molar-refractivity contribution is 8.76. The lowest BCUT2D eigenvalue weighted by Crippen LogP contribution is -2.46. The van der Waals surface area contributed by atoms with Crippen LogP contribution in [0.25, 0.3) is 0 Å². The van der Waals surface area contributed by atoms with Crippen LogP contribution in [0.15, 0.2) is 0 Å². The highest BCUT2D eigenvalue weighted by atomic mass is 33.1. The third-order valence-corrected chi connectivity index (χ3v) is 17.8. The molecule has 6 nitrogen and oxygen atoms in total. The van der Waals surface area contributed by atoms with E-state index in [0.717, 1.165) is 115 Å². The summed E-state index contributed by atoms with van der Waals surface area (Å²) in [5.74, 6) is 2.19. The van der Waals surface area contributed by atoms with Crippen LogP contribution in [-0.2, 0) is 26.6 Å². The lowest BCUT2D eigenvalue weighted by Gasteiger charge is -2.30. The molecule has 0 heterocycles. The molecule has 10 heteroatoms. The van der Waals surface area contributed by atoms with Crippen LogP contribution >= 0.6 is 21.6 Å². The van der Waals surface area contributed by atoms with Crippen LogP contribution in [0.3, 0.4) is 0 Å². The summed E-state index contributed by atoms with van der Waals surface area (Å²) < 4.78 is 40.0. The van der Waals surface area contributed by atoms with Gasteiger partial charge in [0.25, 0.3) is 0 Å². The monoisotopic (exact) mass is 811 g/mol. The molecule has 0 rings (SSSR count). The lowest BCUT2D eigenvalue weighted by atomic mass is 10.2. The van der Waals surface area contributed by atoms with Crippen LogP contribution in [0.2, 0.25) is 12.1 Å². The van der Waals surface area contributed by atoms with Crippen LogP contribution in [0.1, 0.15) is 208 Å². The van der Waals surface area contributed by atoms with E-state index in [1.54, 1.807) is 0 Å². The molecule has 0 saturated heterocycles. The highest BCUT2D eigenvalue weighted by Crippen LogP contribution is 2.29. The van der Waals surface area contributed by atoms with Crippen LogP contribution in [-0.4, -0.2) is 68.8 Å². The Morgan fingerprint density at radius 3 is 0.673 bits per heavy atom. The minimum absolute atomic E-state index is 0.770. The molecule has 0 N–H and O–H groups in total. The summed E-state index contributed by atoms with van der Waals surface area (Å²) >= 11 is 0. The van der Waals surface area contributed by atoms with Crippen molar-refractivity contribution in [1.82, 2.24) is 0 Å². The molecule has 0 aliphatic carbocycles. The Bertz CT molecular complexity index is 569. The molecule has 0 saturated carbocycles. The summed E-state index contributed by atoms with van der Waals surface area (Å²) in [5, 5.41) is 0. The zero-order chi connectivity index (χ0) is 38.1. The second-order valence-electron chi connectivity index (χ2n) is 14.7. The van der Waals surface area contributed by atoms with Gasteiger partial charge in [-0.1, -0.05) is 179 Å². The minimum atomic E-state index is -2.71. The standard InChI is InChI=1S/C42H90O6S2Si2/c1-7-13-19-25-33-43-51(44-34-26-20-14-8-2,45-35-27-21-15-9-3)41-31-39-49-50-40-32-42-52(46-36-28-22-16-10-4,47-37-29-23-17-11-5)48-38-30-24-18-12-6/h7-42H2,1-6H3. The molecule has 0 aliphatic rings. The minimum Gasteiger partial charge on any atom is -0.373 e. The Labute approximate surface area is 336 Å². The van der Waals surface area contributed by atoms with E-state index in [2.05, 4.69) is 41.5 Å². The van der Waals surface area contributed by atoms with Gasteiger partial charge in [-0.2, -0.15) is 0 Å². The Morgan fingerprint density at radius 2 is 0.481 bits per heavy atom. The van der Waals surface area contributed by atoms with Crippen LogP contribution in [0.4, 0.5) is 0 Å². The second kappa shape index (κ2) is 41.5. The van der Waals surface area contributed by atoms with Gasteiger partial charge in [-0.05, 0) is 51.4 Å². The van der Waals surface area contributed by atoms with Crippen molar-refractivity contribution in [2.45, 2.75) is 221 Å². The number of hydrogen-bond acceptors (Lipinski definition) is 8. The Balaban J connectivity index is 5.20. The molecule has 0 atom stereocenters. The smallest absolute Gasteiger partial charge is 0.373 e. The molecule has 0 aromatic rings. The Morgan fingerprint density at radius 1 is 0.269 bits per heavy atom. The predicted molar refractivity (Wildman–Crippen MR) is 236 cm³/mol. The van der Waals surface area contributed by atoms with Crippen LogP contribution < -0.4 is 0 Å². The topological polar surface area (TPSA) is 55.4 Å². The van der Waals surface area contributed by atoms with E-state index in [0.29, 0.717) is 0 Å². The van der Waals surface area contributed by atoms with E-state index in [4.69, 9.17) is 26.6 Å². The summed E-state index contributed by atoms with van der Waals surface area (Å²) in [5.41, 5.74) is 0. The van der Waals surface area contributed by atoms with E-state index in [1.807, 2.05) is 21.6 Å². The van der Waals surface area contributed by atoms with Crippen molar-refractivity contribution in [3.63, 3.8) is 0 Å². The first-order chi connectivity index (χ1) is 25.6. The van der Waals surface area contributed by atoms with Gasteiger partial charge in [0.2, 0.25) is 0 Å². The normalized spacial score (nSPS) is 12.3. The summed E-state index contributed by atoms with van der Waals surface area (Å²) in [4.78, 5) is 0. The van der Waals surface area contributed by atoms with E-state index in [9.17, 15) is 0 Å². The molecule has 0 unspecified atom stereocenters. The van der Waals surface area contributed by atoms with Gasteiger partial charge in [0, 0.05) is 63.2 Å². The van der Waals surface area contributed by atoms with Crippen molar-refractivity contribution in [1.29, 1.82) is 0 Å². The van der Waals surface area contributed by atoms with Crippen LogP contribution in [0, 0.1) is 0 Å². The van der Waals surface area contributed by atoms with Crippen molar-refractivity contribution < 1.29 is 26.6 Å². The van der Waals surface area contributed by atoms with Gasteiger partial charge >= 0.3 is 17.6 Å². The van der Waals surface area contributed by atoms with Crippen molar-refractivity contribution in [3.05, 3.63) is 0 Å². The van der Waals surface area contributed by atoms with Crippen LogP contribution in [0.5, 0.6) is 0 Å². The number of unbranched alkanes of at least 4 members (excludes halogenated alkanes) is 18. The van der Waals surface area contributed by atoms with Crippen molar-refractivity contribution in [2.24, 2.45) is 0 Å². The lowest BCUT2D eigenvalue weighted by molar-refractivity contribution is 0.0545. The van der Waals surface area contributed by atoms with Gasteiger partial charge < -0.3 is 26.6 Å². The first-order valence-electron chi connectivity index (χ1n) is 22.7. The van der Waals surface area contributed by atoms with Gasteiger partial charge in [-0.15, -0.1) is 0 Å². The fraction of sp³-hybridized carbons (Fsp3) is 1.00. The van der Waals surface area contributed by atoms with Gasteiger partial charge in [0.15, 0.2) is 0 Å². The molecule has 0 bridgehead atoms. The number of rotatable bonds is 45. The summed E-state index contributed by atoms with van der Waals surface area (Å²) in [7, 11) is -1.42. The number of hydrogen-bond donors (Lipinski definition) is 0. The molecular formula is C42H90O6S2Si2. The van der Waals surface area contributed by atoms with Gasteiger partial charge in [0.05, 0.1) is 0 Å². The van der Waals surface area contributed by atoms with E-state index < -0.39 is 17.6 Å². The molecule has 314 valence electrons. The first-order valence-corrected chi connectivity index (χ1v) is 29.0. The zero-order valence-electron chi connectivity index (χ0n) is 35.7. The zero-order valence-corrected chi connectivity index (χ0v) is 39.4. The third kappa shape index (κ3) is 33.1. The molecule has 0 fully saturated rings. The SMILES string of the molecule is CCCCCCO[Si](CCCSSCCC[Si](OCCCCCC)(OCCCCCC)OCCCCCC)(OCCCCCC)OCCCCCC. The Hall–Kier alpha value is 0.894. The maximum absolute atomic E-state index is 6.67. The average molecular weight is 811 g/mol. The molecule has 52 heavy (non-hydrogen) atoms. The van der Waals surface area contributed by atoms with E-state index in [1.165, 1.54) is 116 Å². The van der Waals surface area contributed by atoms with E-state index >= 15 is 0 Å². The van der Waals surface area contributed by atoms with Gasteiger partial charge in [-0.25, -0.2) is 0 Å². The molecule has 0 aromatic heterocycles. The predicted octanol–water partition coefficient (Wildman–Crippen LogP) is 14.6. The molecule has 0 amide bonds. The fourth-order valence-electron chi connectivity index (χ4n) is 6.04. The van der Waals surface area contributed by atoms with E-state index in [-0.39, 0.29) is 0 Å². The van der Waals surface area contributed by atoms with Gasteiger partial charge in [-0.3, -0.25) is 0 Å². The maximum atomic E-state index is 6.67. The summed E-state index contributed by atoms with van der Waals surface area (Å²) in [6.07, 6.45) is 31.2. The maximum Gasteiger partial charge on any atom is 0.500 e. The highest BCUT2D eigenvalue weighted by Gasteiger charge is 2.41. The van der Waals surface area contributed by atoms with Crippen molar-refractivity contribution in [3.8, 4) is 0 Å². The average Bonchev–Trinajstić information content (AvgIpc) is 3.15. The quantitative estimate of drug-likeness (QED) is 0.0342. The summed E-state index contributed by atoms with van der Waals surface area (Å²) in [6.45, 7) is 18.2. The summed E-state index contributed by atoms with van der Waals surface area (Å²) in [6, 6.07) is 1.85. The second-order valence-corrected chi connectivity index (χ2v) is 22.8. The van der Waals surface area contributed by atoms with Crippen molar-refractivity contribution >= 4 is 39.2 Å². The Kier molecular flexibility index (Phi) is 42.2. The molecular weight excluding hydrogens is 721 g/mol. The first kappa shape index (κ1) is 52.9.